The molecule has 2 heteroatoms. The molecule has 88 valence electrons. The first-order valence-corrected chi connectivity index (χ1v) is 5.82. The second-order valence-corrected chi connectivity index (χ2v) is 4.29. The fourth-order valence-electron chi connectivity index (χ4n) is 1.95. The van der Waals surface area contributed by atoms with Gasteiger partial charge in [-0.3, -0.25) is 0 Å². The smallest absolute Gasteiger partial charge is 0.00866 e. The molecule has 0 aromatic carbocycles. The monoisotopic (exact) mass is 221 g/mol. The average Bonchev–Trinajstić information content (AvgIpc) is 2.12. The van der Waals surface area contributed by atoms with Gasteiger partial charge in [-0.2, -0.15) is 0 Å². The molecule has 0 aliphatic rings. The van der Waals surface area contributed by atoms with Crippen LogP contribution in [0.25, 0.3) is 0 Å². The third-order valence-electron chi connectivity index (χ3n) is 3.26. The van der Waals surface area contributed by atoms with Gasteiger partial charge < -0.3 is 4.90 Å². The van der Waals surface area contributed by atoms with E-state index in [9.17, 15) is 0 Å². The highest BCUT2D eigenvalue weighted by molar-refractivity contribution is 5.85. The first-order valence-electron chi connectivity index (χ1n) is 5.82. The minimum atomic E-state index is 0. The maximum absolute atomic E-state index is 2.36. The van der Waals surface area contributed by atoms with Crippen molar-refractivity contribution in [3.05, 3.63) is 0 Å². The Bertz CT molecular complexity index is 111. The van der Waals surface area contributed by atoms with Gasteiger partial charge in [-0.1, -0.05) is 33.6 Å². The molecule has 0 bridgehead atoms. The van der Waals surface area contributed by atoms with Crippen molar-refractivity contribution in [2.24, 2.45) is 5.92 Å². The molecule has 0 saturated carbocycles. The molecule has 0 aromatic rings. The van der Waals surface area contributed by atoms with Crippen molar-refractivity contribution in [2.45, 2.75) is 58.9 Å². The van der Waals surface area contributed by atoms with Crippen LogP contribution in [0.15, 0.2) is 0 Å². The zero-order valence-corrected chi connectivity index (χ0v) is 11.4. The zero-order valence-electron chi connectivity index (χ0n) is 10.5. The third-order valence-corrected chi connectivity index (χ3v) is 3.26. The predicted octanol–water partition coefficient (Wildman–Crippen LogP) is 3.96. The van der Waals surface area contributed by atoms with E-state index < -0.39 is 0 Å². The third kappa shape index (κ3) is 6.67. The highest BCUT2D eigenvalue weighted by atomic mass is 35.5. The Balaban J connectivity index is 0. The van der Waals surface area contributed by atoms with E-state index in [1.165, 1.54) is 32.1 Å². The fourth-order valence-corrected chi connectivity index (χ4v) is 1.95. The van der Waals surface area contributed by atoms with Gasteiger partial charge in [-0.05, 0) is 39.3 Å². The summed E-state index contributed by atoms with van der Waals surface area (Å²) in [4.78, 5) is 2.36. The van der Waals surface area contributed by atoms with Crippen molar-refractivity contribution < 1.29 is 0 Å². The van der Waals surface area contributed by atoms with E-state index in [1.807, 2.05) is 0 Å². The van der Waals surface area contributed by atoms with E-state index in [2.05, 4.69) is 39.8 Å². The quantitative estimate of drug-likeness (QED) is 0.629. The molecule has 0 fully saturated rings. The summed E-state index contributed by atoms with van der Waals surface area (Å²) < 4.78 is 0. The van der Waals surface area contributed by atoms with Crippen LogP contribution in [0.5, 0.6) is 0 Å². The van der Waals surface area contributed by atoms with E-state index in [-0.39, 0.29) is 12.4 Å². The SMILES string of the molecule is CCC(CC)CCC(CC)N(C)C.Cl. The van der Waals surface area contributed by atoms with Gasteiger partial charge in [-0.25, -0.2) is 0 Å². The minimum absolute atomic E-state index is 0. The number of halogens is 1. The zero-order chi connectivity index (χ0) is 10.3. The molecular formula is C12H28ClN. The topological polar surface area (TPSA) is 3.24 Å². The van der Waals surface area contributed by atoms with Gasteiger partial charge in [0.2, 0.25) is 0 Å². The van der Waals surface area contributed by atoms with Crippen LogP contribution in [0.2, 0.25) is 0 Å². The van der Waals surface area contributed by atoms with Crippen molar-refractivity contribution in [2.75, 3.05) is 14.1 Å². The van der Waals surface area contributed by atoms with Gasteiger partial charge in [0, 0.05) is 6.04 Å². The summed E-state index contributed by atoms with van der Waals surface area (Å²) in [5.41, 5.74) is 0. The molecule has 1 unspecified atom stereocenters. The second kappa shape index (κ2) is 9.79. The second-order valence-electron chi connectivity index (χ2n) is 4.29. The van der Waals surface area contributed by atoms with Crippen LogP contribution in [-0.2, 0) is 0 Å². The molecule has 0 saturated heterocycles. The summed E-state index contributed by atoms with van der Waals surface area (Å²) in [5.74, 6) is 0.953. The van der Waals surface area contributed by atoms with Crippen LogP contribution in [0.4, 0.5) is 0 Å². The Morgan fingerprint density at radius 2 is 1.36 bits per heavy atom. The van der Waals surface area contributed by atoms with Crippen LogP contribution in [0.1, 0.15) is 52.9 Å². The predicted molar refractivity (Wildman–Crippen MR) is 68.3 cm³/mol. The van der Waals surface area contributed by atoms with Crippen LogP contribution in [0.3, 0.4) is 0 Å². The van der Waals surface area contributed by atoms with Crippen molar-refractivity contribution >= 4 is 12.4 Å². The van der Waals surface area contributed by atoms with Crippen molar-refractivity contribution in [1.29, 1.82) is 0 Å². The Morgan fingerprint density at radius 1 is 0.857 bits per heavy atom. The summed E-state index contributed by atoms with van der Waals surface area (Å²) in [6.07, 6.45) is 6.76. The first-order chi connectivity index (χ1) is 6.15. The lowest BCUT2D eigenvalue weighted by atomic mass is 9.94. The summed E-state index contributed by atoms with van der Waals surface area (Å²) in [5, 5.41) is 0. The Morgan fingerprint density at radius 3 is 1.64 bits per heavy atom. The summed E-state index contributed by atoms with van der Waals surface area (Å²) >= 11 is 0. The lowest BCUT2D eigenvalue weighted by Crippen LogP contribution is -2.27. The highest BCUT2D eigenvalue weighted by Crippen LogP contribution is 2.18. The number of rotatable bonds is 7. The lowest BCUT2D eigenvalue weighted by Gasteiger charge is -2.24. The molecule has 0 rings (SSSR count). The van der Waals surface area contributed by atoms with E-state index >= 15 is 0 Å². The molecule has 0 aliphatic carbocycles. The number of hydrogen-bond donors (Lipinski definition) is 0. The maximum Gasteiger partial charge on any atom is 0.00866 e. The molecule has 1 atom stereocenters. The largest absolute Gasteiger partial charge is 0.306 e. The number of nitrogens with zero attached hydrogens (tertiary/aromatic N) is 1. The van der Waals surface area contributed by atoms with Gasteiger partial charge in [0.05, 0.1) is 0 Å². The van der Waals surface area contributed by atoms with Gasteiger partial charge in [0.25, 0.3) is 0 Å². The minimum Gasteiger partial charge on any atom is -0.306 e. The van der Waals surface area contributed by atoms with Crippen LogP contribution in [-0.4, -0.2) is 25.0 Å². The van der Waals surface area contributed by atoms with Crippen molar-refractivity contribution in [3.8, 4) is 0 Å². The van der Waals surface area contributed by atoms with Gasteiger partial charge in [0.15, 0.2) is 0 Å². The average molecular weight is 222 g/mol. The molecule has 0 N–H and O–H groups in total. The van der Waals surface area contributed by atoms with Crippen LogP contribution >= 0.6 is 12.4 Å². The fraction of sp³-hybridized carbons (Fsp3) is 1.00. The Hall–Kier alpha value is 0.250. The van der Waals surface area contributed by atoms with E-state index in [4.69, 9.17) is 0 Å². The van der Waals surface area contributed by atoms with Crippen molar-refractivity contribution in [1.82, 2.24) is 4.90 Å². The lowest BCUT2D eigenvalue weighted by molar-refractivity contribution is 0.250. The Kier molecular flexibility index (Phi) is 11.7. The van der Waals surface area contributed by atoms with Gasteiger partial charge in [-0.15, -0.1) is 12.4 Å². The normalized spacial score (nSPS) is 13.1. The molecule has 14 heavy (non-hydrogen) atoms. The van der Waals surface area contributed by atoms with E-state index in [0.717, 1.165) is 12.0 Å². The maximum atomic E-state index is 2.36. The number of hydrogen-bond acceptors (Lipinski definition) is 1. The molecule has 0 aromatic heterocycles. The molecule has 0 amide bonds. The molecular weight excluding hydrogens is 194 g/mol. The van der Waals surface area contributed by atoms with Crippen LogP contribution < -0.4 is 0 Å². The highest BCUT2D eigenvalue weighted by Gasteiger charge is 2.11. The summed E-state index contributed by atoms with van der Waals surface area (Å²) in [6.45, 7) is 6.91. The molecule has 0 spiro atoms. The van der Waals surface area contributed by atoms with Gasteiger partial charge in [0.1, 0.15) is 0 Å². The van der Waals surface area contributed by atoms with Crippen molar-refractivity contribution in [3.63, 3.8) is 0 Å². The molecule has 0 aliphatic heterocycles. The summed E-state index contributed by atoms with van der Waals surface area (Å²) in [7, 11) is 4.39. The molecule has 1 nitrogen and oxygen atoms in total. The Labute approximate surface area is 96.7 Å². The first kappa shape index (κ1) is 16.7. The summed E-state index contributed by atoms with van der Waals surface area (Å²) in [6, 6.07) is 0.792. The van der Waals surface area contributed by atoms with Gasteiger partial charge >= 0.3 is 0 Å². The van der Waals surface area contributed by atoms with Crippen LogP contribution in [0, 0.1) is 5.92 Å². The standard InChI is InChI=1S/C12H27N.ClH/c1-6-11(7-2)9-10-12(8-3)13(4)5;/h11-12H,6-10H2,1-5H3;1H. The van der Waals surface area contributed by atoms with E-state index in [0.29, 0.717) is 0 Å². The molecule has 0 heterocycles. The van der Waals surface area contributed by atoms with E-state index in [1.54, 1.807) is 0 Å². The molecule has 0 radical (unpaired) electrons.